The van der Waals surface area contributed by atoms with Gasteiger partial charge in [-0.25, -0.2) is 0 Å². The molecule has 112 valence electrons. The van der Waals surface area contributed by atoms with E-state index in [0.29, 0.717) is 0 Å². The van der Waals surface area contributed by atoms with Gasteiger partial charge in [0.15, 0.2) is 0 Å². The van der Waals surface area contributed by atoms with Crippen LogP contribution in [0.3, 0.4) is 0 Å². The summed E-state index contributed by atoms with van der Waals surface area (Å²) in [6, 6.07) is 18.6. The van der Waals surface area contributed by atoms with Crippen LogP contribution in [0.4, 0.5) is 0 Å². The highest BCUT2D eigenvalue weighted by atomic mass is 16.5. The van der Waals surface area contributed by atoms with Crippen molar-refractivity contribution in [2.45, 2.75) is 45.4 Å². The summed E-state index contributed by atoms with van der Waals surface area (Å²) in [5.74, 6) is 0. The quantitative estimate of drug-likeness (QED) is 0.844. The molecular weight excluding hydrogens is 258 g/mol. The van der Waals surface area contributed by atoms with Gasteiger partial charge in [0.05, 0.1) is 12.2 Å². The van der Waals surface area contributed by atoms with Crippen molar-refractivity contribution in [2.24, 2.45) is 5.73 Å². The Bertz CT molecular complexity index is 553. The van der Waals surface area contributed by atoms with Gasteiger partial charge in [-0.2, -0.15) is 0 Å². The Morgan fingerprint density at radius 1 is 1.00 bits per heavy atom. The summed E-state index contributed by atoms with van der Waals surface area (Å²) in [6.45, 7) is 6.30. The van der Waals surface area contributed by atoms with E-state index in [1.54, 1.807) is 0 Å². The first-order valence-corrected chi connectivity index (χ1v) is 7.65. The molecule has 0 saturated carbocycles. The number of benzene rings is 2. The van der Waals surface area contributed by atoms with Crippen LogP contribution in [0.15, 0.2) is 54.6 Å². The van der Waals surface area contributed by atoms with Crippen LogP contribution < -0.4 is 5.73 Å². The first-order valence-electron chi connectivity index (χ1n) is 7.65. The summed E-state index contributed by atoms with van der Waals surface area (Å²) < 4.78 is 6.33. The van der Waals surface area contributed by atoms with Crippen LogP contribution in [-0.4, -0.2) is 6.04 Å². The zero-order valence-corrected chi connectivity index (χ0v) is 13.1. The molecule has 0 aliphatic heterocycles. The summed E-state index contributed by atoms with van der Waals surface area (Å²) in [5.41, 5.74) is 9.92. The van der Waals surface area contributed by atoms with Gasteiger partial charge >= 0.3 is 0 Å². The van der Waals surface area contributed by atoms with Crippen LogP contribution in [0.1, 0.15) is 49.2 Å². The first-order chi connectivity index (χ1) is 10.1. The van der Waals surface area contributed by atoms with E-state index in [-0.39, 0.29) is 18.2 Å². The summed E-state index contributed by atoms with van der Waals surface area (Å²) >= 11 is 0. The number of nitrogens with two attached hydrogens (primary N) is 1. The lowest BCUT2D eigenvalue weighted by atomic mass is 9.96. The SMILES string of the molecule is CCC(N)C(OC(C)c1ccccc1)c1ccccc1C. The topological polar surface area (TPSA) is 35.2 Å². The van der Waals surface area contributed by atoms with Crippen molar-refractivity contribution >= 4 is 0 Å². The molecule has 0 bridgehead atoms. The minimum atomic E-state index is -0.0774. The maximum absolute atomic E-state index is 6.33. The van der Waals surface area contributed by atoms with E-state index in [1.165, 1.54) is 16.7 Å². The van der Waals surface area contributed by atoms with Crippen LogP contribution >= 0.6 is 0 Å². The normalized spacial score (nSPS) is 15.4. The molecule has 0 heterocycles. The average Bonchev–Trinajstić information content (AvgIpc) is 2.53. The Kier molecular flexibility index (Phi) is 5.54. The standard InChI is InChI=1S/C19H25NO/c1-4-18(20)19(17-13-9-8-10-14(17)2)21-15(3)16-11-6-5-7-12-16/h5-13,15,18-19H,4,20H2,1-3H3. The molecule has 0 aliphatic rings. The fourth-order valence-corrected chi connectivity index (χ4v) is 2.55. The number of ether oxygens (including phenoxy) is 1. The van der Waals surface area contributed by atoms with Crippen molar-refractivity contribution < 1.29 is 4.74 Å². The fourth-order valence-electron chi connectivity index (χ4n) is 2.55. The van der Waals surface area contributed by atoms with E-state index in [4.69, 9.17) is 10.5 Å². The van der Waals surface area contributed by atoms with Crippen LogP contribution in [0.25, 0.3) is 0 Å². The second-order valence-electron chi connectivity index (χ2n) is 5.54. The maximum atomic E-state index is 6.33. The average molecular weight is 283 g/mol. The molecule has 2 heteroatoms. The monoisotopic (exact) mass is 283 g/mol. The highest BCUT2D eigenvalue weighted by Crippen LogP contribution is 2.31. The number of rotatable bonds is 6. The van der Waals surface area contributed by atoms with Crippen molar-refractivity contribution in [1.29, 1.82) is 0 Å². The second-order valence-corrected chi connectivity index (χ2v) is 5.54. The molecule has 3 atom stereocenters. The number of hydrogen-bond acceptors (Lipinski definition) is 2. The number of hydrogen-bond donors (Lipinski definition) is 1. The summed E-state index contributed by atoms with van der Waals surface area (Å²) in [7, 11) is 0. The van der Waals surface area contributed by atoms with Crippen molar-refractivity contribution in [3.8, 4) is 0 Å². The molecule has 0 amide bonds. The van der Waals surface area contributed by atoms with E-state index in [2.05, 4.69) is 45.0 Å². The zero-order valence-electron chi connectivity index (χ0n) is 13.1. The number of aryl methyl sites for hydroxylation is 1. The fraction of sp³-hybridized carbons (Fsp3) is 0.368. The lowest BCUT2D eigenvalue weighted by molar-refractivity contribution is -0.0202. The van der Waals surface area contributed by atoms with Gasteiger partial charge in [0.2, 0.25) is 0 Å². The second kappa shape index (κ2) is 7.39. The Morgan fingerprint density at radius 2 is 1.62 bits per heavy atom. The van der Waals surface area contributed by atoms with Gasteiger partial charge in [-0.15, -0.1) is 0 Å². The third-order valence-electron chi connectivity index (χ3n) is 3.97. The third kappa shape index (κ3) is 3.93. The van der Waals surface area contributed by atoms with E-state index in [9.17, 15) is 0 Å². The van der Waals surface area contributed by atoms with Crippen LogP contribution in [0.2, 0.25) is 0 Å². The summed E-state index contributed by atoms with van der Waals surface area (Å²) in [4.78, 5) is 0. The molecule has 0 aliphatic carbocycles. The molecule has 2 rings (SSSR count). The molecule has 0 radical (unpaired) electrons. The molecule has 2 N–H and O–H groups in total. The largest absolute Gasteiger partial charge is 0.364 e. The predicted molar refractivity (Wildman–Crippen MR) is 88.1 cm³/mol. The van der Waals surface area contributed by atoms with Gasteiger partial charge in [-0.05, 0) is 37.0 Å². The Morgan fingerprint density at radius 3 is 2.24 bits per heavy atom. The minimum Gasteiger partial charge on any atom is -0.364 e. The molecule has 2 aromatic carbocycles. The van der Waals surface area contributed by atoms with Gasteiger partial charge in [0, 0.05) is 6.04 Å². The maximum Gasteiger partial charge on any atom is 0.0986 e. The van der Waals surface area contributed by atoms with Crippen LogP contribution in [0.5, 0.6) is 0 Å². The van der Waals surface area contributed by atoms with E-state index < -0.39 is 0 Å². The van der Waals surface area contributed by atoms with Gasteiger partial charge in [-0.3, -0.25) is 0 Å². The van der Waals surface area contributed by atoms with Crippen LogP contribution in [0, 0.1) is 6.92 Å². The predicted octanol–water partition coefficient (Wildman–Crippen LogP) is 4.55. The minimum absolute atomic E-state index is 0.00253. The molecular formula is C19H25NO. The van der Waals surface area contributed by atoms with Gasteiger partial charge in [0.1, 0.15) is 0 Å². The van der Waals surface area contributed by atoms with Crippen LogP contribution in [-0.2, 0) is 4.74 Å². The highest BCUT2D eigenvalue weighted by Gasteiger charge is 2.23. The molecule has 3 unspecified atom stereocenters. The lowest BCUT2D eigenvalue weighted by Crippen LogP contribution is -2.30. The molecule has 0 saturated heterocycles. The van der Waals surface area contributed by atoms with Crippen molar-refractivity contribution in [1.82, 2.24) is 0 Å². The Balaban J connectivity index is 2.24. The molecule has 0 aromatic heterocycles. The summed E-state index contributed by atoms with van der Waals surface area (Å²) in [5, 5.41) is 0. The molecule has 0 fully saturated rings. The smallest absolute Gasteiger partial charge is 0.0986 e. The Hall–Kier alpha value is -1.64. The molecule has 0 spiro atoms. The molecule has 2 nitrogen and oxygen atoms in total. The van der Waals surface area contributed by atoms with E-state index in [1.807, 2.05) is 30.3 Å². The van der Waals surface area contributed by atoms with E-state index >= 15 is 0 Å². The molecule has 2 aromatic rings. The van der Waals surface area contributed by atoms with Crippen molar-refractivity contribution in [2.75, 3.05) is 0 Å². The van der Waals surface area contributed by atoms with Gasteiger partial charge in [0.25, 0.3) is 0 Å². The van der Waals surface area contributed by atoms with Gasteiger partial charge in [-0.1, -0.05) is 61.5 Å². The highest BCUT2D eigenvalue weighted by molar-refractivity contribution is 5.29. The Labute approximate surface area is 127 Å². The van der Waals surface area contributed by atoms with Crippen molar-refractivity contribution in [3.05, 3.63) is 71.3 Å². The van der Waals surface area contributed by atoms with Gasteiger partial charge < -0.3 is 10.5 Å². The summed E-state index contributed by atoms with van der Waals surface area (Å²) in [6.07, 6.45) is 0.834. The van der Waals surface area contributed by atoms with E-state index in [0.717, 1.165) is 6.42 Å². The first kappa shape index (κ1) is 15.7. The zero-order chi connectivity index (χ0) is 15.2. The van der Waals surface area contributed by atoms with Crippen molar-refractivity contribution in [3.63, 3.8) is 0 Å². The lowest BCUT2D eigenvalue weighted by Gasteiger charge is -2.28. The third-order valence-corrected chi connectivity index (χ3v) is 3.97. The molecule has 21 heavy (non-hydrogen) atoms.